The summed E-state index contributed by atoms with van der Waals surface area (Å²) in [6.45, 7) is 0. The molecule has 1 heterocycles. The highest BCUT2D eigenvalue weighted by Crippen LogP contribution is 2.19. The van der Waals surface area contributed by atoms with Crippen LogP contribution in [-0.2, 0) is 10.0 Å². The van der Waals surface area contributed by atoms with Crippen LogP contribution in [0.5, 0.6) is 0 Å². The fraction of sp³-hybridized carbons (Fsp3) is 0.0909. The van der Waals surface area contributed by atoms with Crippen molar-refractivity contribution < 1.29 is 8.42 Å². The molecule has 1 radical (unpaired) electrons. The van der Waals surface area contributed by atoms with Crippen LogP contribution < -0.4 is 4.31 Å². The summed E-state index contributed by atoms with van der Waals surface area (Å²) in [7, 11) is -2.14. The largest absolute Gasteiger partial charge is 0.266 e. The van der Waals surface area contributed by atoms with E-state index in [1.165, 1.54) is 31.8 Å². The number of benzene rings is 1. The summed E-state index contributed by atoms with van der Waals surface area (Å²) in [5.74, 6) is 0. The molecular weight excluding hydrogens is 238 g/mol. The molecule has 0 atom stereocenters. The summed E-state index contributed by atoms with van der Waals surface area (Å²) in [5, 5.41) is 0. The molecule has 0 saturated heterocycles. The Bertz CT molecular complexity index is 585. The normalized spacial score (nSPS) is 11.1. The first kappa shape index (κ1) is 11.5. The van der Waals surface area contributed by atoms with Crippen molar-refractivity contribution in [1.29, 1.82) is 0 Å². The molecule has 5 nitrogen and oxygen atoms in total. The second kappa shape index (κ2) is 4.50. The number of rotatable bonds is 3. The van der Waals surface area contributed by atoms with E-state index >= 15 is 0 Å². The standard InChI is InChI=1S/C11H10N3O2S/c1-14(10-7-12-9-13-8-10)17(15,16)11-5-3-2-4-6-11/h2-5,7-9H,1H3. The fourth-order valence-electron chi connectivity index (χ4n) is 1.28. The van der Waals surface area contributed by atoms with Gasteiger partial charge in [-0.2, -0.15) is 0 Å². The number of hydrogen-bond acceptors (Lipinski definition) is 4. The Hall–Kier alpha value is -1.95. The first-order valence-electron chi connectivity index (χ1n) is 4.83. The first-order valence-corrected chi connectivity index (χ1v) is 6.27. The van der Waals surface area contributed by atoms with Crippen molar-refractivity contribution in [3.05, 3.63) is 49.1 Å². The lowest BCUT2D eigenvalue weighted by molar-refractivity contribution is 0.594. The second-order valence-corrected chi connectivity index (χ2v) is 5.23. The molecule has 0 aliphatic rings. The average Bonchev–Trinajstić information content (AvgIpc) is 2.40. The number of sulfonamides is 1. The van der Waals surface area contributed by atoms with Gasteiger partial charge in [-0.05, 0) is 6.07 Å². The zero-order valence-electron chi connectivity index (χ0n) is 9.11. The maximum Gasteiger partial charge on any atom is 0.264 e. The monoisotopic (exact) mass is 248 g/mol. The number of anilines is 1. The summed E-state index contributed by atoms with van der Waals surface area (Å²) in [6, 6.07) is 9.11. The molecule has 0 N–H and O–H groups in total. The Morgan fingerprint density at radius 3 is 2.53 bits per heavy atom. The summed E-state index contributed by atoms with van der Waals surface area (Å²) >= 11 is 0. The topological polar surface area (TPSA) is 63.2 Å². The molecule has 0 fully saturated rings. The van der Waals surface area contributed by atoms with Gasteiger partial charge in [0.05, 0.1) is 23.0 Å². The third kappa shape index (κ3) is 2.26. The predicted molar refractivity (Wildman–Crippen MR) is 62.9 cm³/mol. The van der Waals surface area contributed by atoms with E-state index in [0.717, 1.165) is 4.31 Å². The lowest BCUT2D eigenvalue weighted by Gasteiger charge is -2.18. The minimum absolute atomic E-state index is 0.117. The molecule has 6 heteroatoms. The predicted octanol–water partition coefficient (Wildman–Crippen LogP) is 1.10. The van der Waals surface area contributed by atoms with Gasteiger partial charge in [0.25, 0.3) is 10.0 Å². The van der Waals surface area contributed by atoms with Crippen LogP contribution in [-0.4, -0.2) is 25.4 Å². The molecule has 2 aromatic rings. The maximum absolute atomic E-state index is 12.2. The fourth-order valence-corrected chi connectivity index (χ4v) is 2.41. The second-order valence-electron chi connectivity index (χ2n) is 3.30. The highest BCUT2D eigenvalue weighted by atomic mass is 32.2. The SMILES string of the molecule is CN(c1cncnc1)S(=O)(=O)c1[c]cccc1. The van der Waals surface area contributed by atoms with Gasteiger partial charge < -0.3 is 0 Å². The van der Waals surface area contributed by atoms with Gasteiger partial charge in [-0.3, -0.25) is 4.31 Å². The molecule has 1 aromatic carbocycles. The molecule has 17 heavy (non-hydrogen) atoms. The van der Waals surface area contributed by atoms with Crippen molar-refractivity contribution in [3.63, 3.8) is 0 Å². The van der Waals surface area contributed by atoms with E-state index in [-0.39, 0.29) is 4.90 Å². The molecule has 0 bridgehead atoms. The van der Waals surface area contributed by atoms with Gasteiger partial charge in [-0.15, -0.1) is 0 Å². The van der Waals surface area contributed by atoms with E-state index in [2.05, 4.69) is 16.0 Å². The molecule has 1 aromatic heterocycles. The van der Waals surface area contributed by atoms with Gasteiger partial charge in [0.2, 0.25) is 0 Å². The third-order valence-electron chi connectivity index (χ3n) is 2.23. The summed E-state index contributed by atoms with van der Waals surface area (Å²) in [6.07, 6.45) is 4.22. The molecule has 2 rings (SSSR count). The number of aromatic nitrogens is 2. The Morgan fingerprint density at radius 1 is 1.24 bits per heavy atom. The summed E-state index contributed by atoms with van der Waals surface area (Å²) < 4.78 is 25.5. The Balaban J connectivity index is 2.41. The van der Waals surface area contributed by atoms with Gasteiger partial charge in [0.1, 0.15) is 6.33 Å². The van der Waals surface area contributed by atoms with Crippen LogP contribution in [0.15, 0.2) is 47.9 Å². The zero-order chi connectivity index (χ0) is 12.3. The van der Waals surface area contributed by atoms with Crippen molar-refractivity contribution in [2.75, 3.05) is 11.4 Å². The summed E-state index contributed by atoms with van der Waals surface area (Å²) in [5.41, 5.74) is 0.407. The van der Waals surface area contributed by atoms with Gasteiger partial charge in [-0.25, -0.2) is 18.4 Å². The minimum Gasteiger partial charge on any atom is -0.266 e. The molecule has 0 unspecified atom stereocenters. The smallest absolute Gasteiger partial charge is 0.264 e. The van der Waals surface area contributed by atoms with Crippen LogP contribution in [0.1, 0.15) is 0 Å². The summed E-state index contributed by atoms with van der Waals surface area (Å²) in [4.78, 5) is 7.69. The molecule has 0 spiro atoms. The number of hydrogen-bond donors (Lipinski definition) is 0. The molecule has 0 aliphatic carbocycles. The highest BCUT2D eigenvalue weighted by Gasteiger charge is 2.21. The lowest BCUT2D eigenvalue weighted by Crippen LogP contribution is -2.26. The van der Waals surface area contributed by atoms with E-state index in [1.54, 1.807) is 18.2 Å². The Labute approximate surface area is 99.8 Å². The van der Waals surface area contributed by atoms with Gasteiger partial charge in [0, 0.05) is 13.1 Å². The van der Waals surface area contributed by atoms with Crippen LogP contribution in [0, 0.1) is 6.07 Å². The van der Waals surface area contributed by atoms with E-state index < -0.39 is 10.0 Å². The molecular formula is C11H10N3O2S. The Kier molecular flexibility index (Phi) is 3.06. The molecule has 87 valence electrons. The van der Waals surface area contributed by atoms with Crippen molar-refractivity contribution in [1.82, 2.24) is 9.97 Å². The highest BCUT2D eigenvalue weighted by molar-refractivity contribution is 7.92. The van der Waals surface area contributed by atoms with Crippen LogP contribution in [0.2, 0.25) is 0 Å². The van der Waals surface area contributed by atoms with Crippen molar-refractivity contribution >= 4 is 15.7 Å². The van der Waals surface area contributed by atoms with Gasteiger partial charge >= 0.3 is 0 Å². The Morgan fingerprint density at radius 2 is 1.94 bits per heavy atom. The first-order chi connectivity index (χ1) is 8.12. The van der Waals surface area contributed by atoms with Crippen LogP contribution in [0.25, 0.3) is 0 Å². The van der Waals surface area contributed by atoms with Crippen molar-refractivity contribution in [3.8, 4) is 0 Å². The van der Waals surface area contributed by atoms with Gasteiger partial charge in [-0.1, -0.05) is 18.2 Å². The average molecular weight is 248 g/mol. The molecule has 0 aliphatic heterocycles. The van der Waals surface area contributed by atoms with E-state index in [9.17, 15) is 8.42 Å². The molecule has 0 saturated carbocycles. The maximum atomic E-state index is 12.2. The third-order valence-corrected chi connectivity index (χ3v) is 3.97. The van der Waals surface area contributed by atoms with E-state index in [4.69, 9.17) is 0 Å². The number of nitrogens with zero attached hydrogens (tertiary/aromatic N) is 3. The quantitative estimate of drug-likeness (QED) is 0.816. The molecule has 0 amide bonds. The van der Waals surface area contributed by atoms with E-state index in [1.807, 2.05) is 0 Å². The van der Waals surface area contributed by atoms with Crippen LogP contribution in [0.4, 0.5) is 5.69 Å². The van der Waals surface area contributed by atoms with Gasteiger partial charge in [0.15, 0.2) is 0 Å². The zero-order valence-corrected chi connectivity index (χ0v) is 9.92. The van der Waals surface area contributed by atoms with Crippen LogP contribution in [0.3, 0.4) is 0 Å². The van der Waals surface area contributed by atoms with Crippen molar-refractivity contribution in [2.24, 2.45) is 0 Å². The van der Waals surface area contributed by atoms with Crippen LogP contribution >= 0.6 is 0 Å². The lowest BCUT2D eigenvalue weighted by atomic mass is 10.4. The van der Waals surface area contributed by atoms with Crippen molar-refractivity contribution in [2.45, 2.75) is 4.90 Å². The minimum atomic E-state index is -3.59. The van der Waals surface area contributed by atoms with E-state index in [0.29, 0.717) is 5.69 Å².